The van der Waals surface area contributed by atoms with Gasteiger partial charge in [0.1, 0.15) is 10.8 Å². The van der Waals surface area contributed by atoms with Crippen LogP contribution in [0, 0.1) is 13.8 Å². The van der Waals surface area contributed by atoms with E-state index < -0.39 is 0 Å². The maximum absolute atomic E-state index is 5.30. The third kappa shape index (κ3) is 2.65. The summed E-state index contributed by atoms with van der Waals surface area (Å²) in [6, 6.07) is 8.03. The number of thiocarbonyl (C=S) groups is 1. The minimum Gasteiger partial charge on any atom is -0.330 e. The zero-order valence-electron chi connectivity index (χ0n) is 9.15. The van der Waals surface area contributed by atoms with Gasteiger partial charge in [-0.3, -0.25) is 0 Å². The van der Waals surface area contributed by atoms with E-state index in [0.717, 1.165) is 21.4 Å². The Balaban J connectivity index is 2.18. The summed E-state index contributed by atoms with van der Waals surface area (Å²) in [6.07, 6.45) is 0. The predicted octanol–water partition coefficient (Wildman–Crippen LogP) is 3.55. The third-order valence-electron chi connectivity index (χ3n) is 2.08. The maximum atomic E-state index is 5.30. The van der Waals surface area contributed by atoms with E-state index in [-0.39, 0.29) is 0 Å². The summed E-state index contributed by atoms with van der Waals surface area (Å²) in [4.78, 5) is 6.18. The van der Waals surface area contributed by atoms with Crippen molar-refractivity contribution in [3.63, 3.8) is 0 Å². The van der Waals surface area contributed by atoms with Gasteiger partial charge < -0.3 is 5.32 Å². The molecule has 2 rings (SSSR count). The molecule has 0 aromatic carbocycles. The minimum absolute atomic E-state index is 0.729. The second-order valence-electron chi connectivity index (χ2n) is 3.60. The molecule has 0 fully saturated rings. The first-order valence-electron chi connectivity index (χ1n) is 4.95. The van der Waals surface area contributed by atoms with Crippen molar-refractivity contribution in [1.29, 1.82) is 0 Å². The van der Waals surface area contributed by atoms with Gasteiger partial charge in [0, 0.05) is 5.69 Å². The molecule has 4 heteroatoms. The molecule has 0 aliphatic heterocycles. The lowest BCUT2D eigenvalue weighted by Gasteiger charge is -2.07. The number of hydrogen-bond donors (Lipinski definition) is 1. The summed E-state index contributed by atoms with van der Waals surface area (Å²) in [5.41, 5.74) is 2.18. The average Bonchev–Trinajstić information content (AvgIpc) is 2.68. The highest BCUT2D eigenvalue weighted by atomic mass is 32.1. The molecule has 2 nitrogen and oxygen atoms in total. The van der Waals surface area contributed by atoms with E-state index in [1.165, 1.54) is 5.56 Å². The lowest BCUT2D eigenvalue weighted by molar-refractivity contribution is 1.18. The molecule has 0 spiro atoms. The van der Waals surface area contributed by atoms with Crippen molar-refractivity contribution < 1.29 is 0 Å². The lowest BCUT2D eigenvalue weighted by atomic mass is 10.2. The Hall–Kier alpha value is -1.26. The summed E-state index contributed by atoms with van der Waals surface area (Å²) in [5.74, 6) is 0.816. The van der Waals surface area contributed by atoms with Crippen molar-refractivity contribution in [3.8, 4) is 0 Å². The Kier molecular flexibility index (Phi) is 3.31. The molecule has 0 bridgehead atoms. The Morgan fingerprint density at radius 3 is 2.81 bits per heavy atom. The van der Waals surface area contributed by atoms with E-state index in [1.807, 2.05) is 43.5 Å². The van der Waals surface area contributed by atoms with Gasteiger partial charge in [0.05, 0.1) is 4.88 Å². The van der Waals surface area contributed by atoms with Crippen molar-refractivity contribution in [1.82, 2.24) is 4.98 Å². The van der Waals surface area contributed by atoms with Gasteiger partial charge in [-0.1, -0.05) is 18.3 Å². The zero-order valence-corrected chi connectivity index (χ0v) is 10.8. The molecule has 0 saturated carbocycles. The summed E-state index contributed by atoms with van der Waals surface area (Å²) < 4.78 is 0. The van der Waals surface area contributed by atoms with Crippen molar-refractivity contribution in [2.45, 2.75) is 13.8 Å². The van der Waals surface area contributed by atoms with Gasteiger partial charge >= 0.3 is 0 Å². The molecule has 82 valence electrons. The van der Waals surface area contributed by atoms with E-state index >= 15 is 0 Å². The molecule has 0 atom stereocenters. The van der Waals surface area contributed by atoms with Gasteiger partial charge in [0.2, 0.25) is 0 Å². The maximum Gasteiger partial charge on any atom is 0.131 e. The quantitative estimate of drug-likeness (QED) is 0.823. The van der Waals surface area contributed by atoms with Crippen molar-refractivity contribution in [2.24, 2.45) is 0 Å². The van der Waals surface area contributed by atoms with Crippen LogP contribution in [-0.4, -0.2) is 9.97 Å². The van der Waals surface area contributed by atoms with Gasteiger partial charge in [0.25, 0.3) is 0 Å². The Bertz CT molecular complexity index is 483. The van der Waals surface area contributed by atoms with Crippen LogP contribution in [-0.2, 0) is 0 Å². The van der Waals surface area contributed by atoms with Gasteiger partial charge in [-0.05, 0) is 43.0 Å². The molecule has 0 unspecified atom stereocenters. The number of nitrogens with one attached hydrogen (secondary N) is 1. The normalized spacial score (nSPS) is 10.1. The summed E-state index contributed by atoms with van der Waals surface area (Å²) in [6.45, 7) is 4.03. The first kappa shape index (κ1) is 11.2. The van der Waals surface area contributed by atoms with Gasteiger partial charge in [0.15, 0.2) is 0 Å². The number of aromatic nitrogens is 1. The molecule has 0 aliphatic carbocycles. The fourth-order valence-electron chi connectivity index (χ4n) is 1.49. The molecule has 2 aromatic rings. The molecule has 0 saturated heterocycles. The van der Waals surface area contributed by atoms with Crippen LogP contribution in [0.25, 0.3) is 0 Å². The fourth-order valence-corrected chi connectivity index (χ4v) is 2.43. The number of hydrogen-bond acceptors (Lipinski definition) is 3. The van der Waals surface area contributed by atoms with Crippen LogP contribution in [0.3, 0.4) is 0 Å². The molecule has 1 N–H and O–H groups in total. The van der Waals surface area contributed by atoms with E-state index in [2.05, 4.69) is 10.3 Å². The first-order chi connectivity index (χ1) is 7.65. The number of nitrogens with zero attached hydrogens (tertiary/aromatic N) is 1. The molecule has 16 heavy (non-hydrogen) atoms. The summed E-state index contributed by atoms with van der Waals surface area (Å²) >= 11 is 6.93. The van der Waals surface area contributed by atoms with Crippen LogP contribution in [0.4, 0.5) is 5.82 Å². The molecular weight excluding hydrogens is 236 g/mol. The zero-order chi connectivity index (χ0) is 11.5. The standard InChI is InChI=1S/C12H12N2S2/c1-8-6-9(2)13-11(7-8)14-12(15)10-4-3-5-16-10/h3-7H,1-2H3,(H,13,14,15). The van der Waals surface area contributed by atoms with Crippen molar-refractivity contribution in [3.05, 3.63) is 45.8 Å². The lowest BCUT2D eigenvalue weighted by Crippen LogP contribution is -2.10. The van der Waals surface area contributed by atoms with Crippen LogP contribution in [0.2, 0.25) is 0 Å². The van der Waals surface area contributed by atoms with E-state index in [1.54, 1.807) is 11.3 Å². The van der Waals surface area contributed by atoms with Crippen LogP contribution >= 0.6 is 23.6 Å². The predicted molar refractivity (Wildman–Crippen MR) is 73.4 cm³/mol. The topological polar surface area (TPSA) is 24.9 Å². The largest absolute Gasteiger partial charge is 0.330 e. The number of thiophene rings is 1. The highest BCUT2D eigenvalue weighted by molar-refractivity contribution is 7.81. The van der Waals surface area contributed by atoms with Crippen LogP contribution in [0.15, 0.2) is 29.6 Å². The van der Waals surface area contributed by atoms with Gasteiger partial charge in [-0.2, -0.15) is 0 Å². The summed E-state index contributed by atoms with van der Waals surface area (Å²) in [7, 11) is 0. The Labute approximate surface area is 104 Å². The van der Waals surface area contributed by atoms with Crippen LogP contribution in [0.5, 0.6) is 0 Å². The minimum atomic E-state index is 0.729. The number of anilines is 1. The second kappa shape index (κ2) is 4.72. The molecule has 2 aromatic heterocycles. The summed E-state index contributed by atoms with van der Waals surface area (Å²) in [5, 5.41) is 5.17. The monoisotopic (exact) mass is 248 g/mol. The highest BCUT2D eigenvalue weighted by Crippen LogP contribution is 2.14. The average molecular weight is 248 g/mol. The second-order valence-corrected chi connectivity index (χ2v) is 4.96. The SMILES string of the molecule is Cc1cc(C)nc(NC(=S)c2cccs2)c1. The molecule has 2 heterocycles. The van der Waals surface area contributed by atoms with E-state index in [0.29, 0.717) is 0 Å². The number of aryl methyl sites for hydroxylation is 2. The highest BCUT2D eigenvalue weighted by Gasteiger charge is 2.04. The Morgan fingerprint density at radius 2 is 2.19 bits per heavy atom. The molecule has 0 amide bonds. The third-order valence-corrected chi connectivity index (χ3v) is 3.42. The van der Waals surface area contributed by atoms with E-state index in [9.17, 15) is 0 Å². The van der Waals surface area contributed by atoms with Crippen molar-refractivity contribution >= 4 is 34.4 Å². The van der Waals surface area contributed by atoms with Crippen LogP contribution in [0.1, 0.15) is 16.1 Å². The first-order valence-corrected chi connectivity index (χ1v) is 6.24. The van der Waals surface area contributed by atoms with E-state index in [4.69, 9.17) is 12.2 Å². The molecule has 0 aliphatic rings. The number of rotatable bonds is 2. The van der Waals surface area contributed by atoms with Crippen molar-refractivity contribution in [2.75, 3.05) is 5.32 Å². The van der Waals surface area contributed by atoms with Gasteiger partial charge in [-0.25, -0.2) is 4.98 Å². The van der Waals surface area contributed by atoms with Crippen LogP contribution < -0.4 is 5.32 Å². The molecular formula is C12H12N2S2. The smallest absolute Gasteiger partial charge is 0.131 e. The Morgan fingerprint density at radius 1 is 1.38 bits per heavy atom. The fraction of sp³-hybridized carbons (Fsp3) is 0.167. The molecule has 0 radical (unpaired) electrons. The number of pyridine rings is 1. The van der Waals surface area contributed by atoms with Gasteiger partial charge in [-0.15, -0.1) is 11.3 Å².